The van der Waals surface area contributed by atoms with Crippen molar-refractivity contribution in [2.45, 2.75) is 6.04 Å². The van der Waals surface area contributed by atoms with E-state index in [-0.39, 0.29) is 18.4 Å². The maximum atomic E-state index is 14.3. The van der Waals surface area contributed by atoms with Crippen LogP contribution in [0.25, 0.3) is 10.1 Å². The Morgan fingerprint density at radius 3 is 1.97 bits per heavy atom. The van der Waals surface area contributed by atoms with E-state index < -0.39 is 7.29 Å². The summed E-state index contributed by atoms with van der Waals surface area (Å²) >= 11 is 15.0. The Kier molecular flexibility index (Phi) is 11.1. The van der Waals surface area contributed by atoms with Crippen molar-refractivity contribution in [1.82, 2.24) is 9.99 Å². The van der Waals surface area contributed by atoms with Gasteiger partial charge in [0.2, 0.25) is 0 Å². The second-order valence-corrected chi connectivity index (χ2v) is 12.0. The van der Waals surface area contributed by atoms with E-state index in [2.05, 4.69) is 21.4 Å². The number of halogens is 3. The summed E-state index contributed by atoms with van der Waals surface area (Å²) in [5, 5.41) is 6.25. The molecule has 0 radical (unpaired) electrons. The molecule has 0 amide bonds. The third kappa shape index (κ3) is 8.04. The molecule has 2 heterocycles. The molecule has 4 nitrogen and oxygen atoms in total. The van der Waals surface area contributed by atoms with Crippen LogP contribution in [-0.2, 0) is 9.30 Å². The number of nitrogens with one attached hydrogen (secondary N) is 1. The van der Waals surface area contributed by atoms with Crippen molar-refractivity contribution >= 4 is 64.3 Å². The van der Waals surface area contributed by atoms with Gasteiger partial charge in [-0.2, -0.15) is 0 Å². The monoisotopic (exact) mass is 568 g/mol. The average molecular weight is 570 g/mol. The quantitative estimate of drug-likeness (QED) is 0.266. The largest absolute Gasteiger partial charge is 0.379 e. The van der Waals surface area contributed by atoms with Crippen LogP contribution in [-0.4, -0.2) is 37.7 Å². The first-order chi connectivity index (χ1) is 16.5. The SMILES string of the molecule is Cl.O=P(/C=C(\Cl)c1ccccc1)(/C=C(\Cl)c1ccccc1)NCC(c1cccs1)N1CCOCC1. The zero-order chi connectivity index (χ0) is 23.8. The zero-order valence-electron chi connectivity index (χ0n) is 19.1. The maximum Gasteiger partial charge on any atom is 0.193 e. The highest BCUT2D eigenvalue weighted by Gasteiger charge is 2.27. The van der Waals surface area contributed by atoms with Crippen molar-refractivity contribution in [3.05, 3.63) is 106 Å². The summed E-state index contributed by atoms with van der Waals surface area (Å²) in [5.41, 5.74) is 1.61. The van der Waals surface area contributed by atoms with Crippen LogP contribution in [0.15, 0.2) is 89.8 Å². The first-order valence-electron chi connectivity index (χ1n) is 11.1. The Balaban J connectivity index is 0.00000342. The minimum absolute atomic E-state index is 0. The number of nitrogens with zero attached hydrogens (tertiary/aromatic N) is 1. The van der Waals surface area contributed by atoms with Gasteiger partial charge in [-0.25, -0.2) is 0 Å². The molecule has 0 bridgehead atoms. The third-order valence-corrected chi connectivity index (χ3v) is 9.49. The number of hydrogen-bond donors (Lipinski definition) is 1. The summed E-state index contributed by atoms with van der Waals surface area (Å²) in [4.78, 5) is 3.59. The van der Waals surface area contributed by atoms with E-state index in [0.717, 1.165) is 24.2 Å². The van der Waals surface area contributed by atoms with E-state index in [1.54, 1.807) is 23.0 Å². The van der Waals surface area contributed by atoms with Gasteiger partial charge in [-0.1, -0.05) is 89.9 Å². The molecule has 1 saturated heterocycles. The lowest BCUT2D eigenvalue weighted by molar-refractivity contribution is 0.0179. The normalized spacial score (nSPS) is 16.5. The Morgan fingerprint density at radius 2 is 1.49 bits per heavy atom. The molecule has 1 aliphatic heterocycles. The van der Waals surface area contributed by atoms with Crippen molar-refractivity contribution in [3.8, 4) is 0 Å². The van der Waals surface area contributed by atoms with Crippen LogP contribution in [0.1, 0.15) is 22.0 Å². The molecule has 0 saturated carbocycles. The van der Waals surface area contributed by atoms with Gasteiger partial charge in [0.1, 0.15) is 0 Å². The highest BCUT2D eigenvalue weighted by atomic mass is 35.5. The van der Waals surface area contributed by atoms with Gasteiger partial charge in [-0.15, -0.1) is 23.7 Å². The molecule has 2 aromatic carbocycles. The zero-order valence-corrected chi connectivity index (χ0v) is 23.1. The van der Waals surface area contributed by atoms with E-state index in [1.165, 1.54) is 4.88 Å². The summed E-state index contributed by atoms with van der Waals surface area (Å²) < 4.78 is 19.8. The molecule has 4 rings (SSSR count). The lowest BCUT2D eigenvalue weighted by Gasteiger charge is -2.34. The molecule has 1 unspecified atom stereocenters. The number of ether oxygens (including phenoxy) is 1. The summed E-state index contributed by atoms with van der Waals surface area (Å²) in [6.07, 6.45) is 0. The van der Waals surface area contributed by atoms with E-state index in [0.29, 0.717) is 29.8 Å². The second-order valence-electron chi connectivity index (χ2n) is 7.94. The van der Waals surface area contributed by atoms with Gasteiger partial charge in [0.15, 0.2) is 7.29 Å². The number of morpholine rings is 1. The summed E-state index contributed by atoms with van der Waals surface area (Å²) in [7, 11) is -3.26. The highest BCUT2D eigenvalue weighted by molar-refractivity contribution is 7.68. The molecule has 35 heavy (non-hydrogen) atoms. The van der Waals surface area contributed by atoms with Crippen LogP contribution in [0.3, 0.4) is 0 Å². The van der Waals surface area contributed by atoms with Gasteiger partial charge in [0.25, 0.3) is 0 Å². The van der Waals surface area contributed by atoms with E-state index in [9.17, 15) is 4.57 Å². The first-order valence-corrected chi connectivity index (χ1v) is 14.6. The standard InChI is InChI=1S/C26H27Cl2N2O2PS.ClH/c27-23(21-8-3-1-4-9-21)19-33(31,20-24(28)22-10-5-2-6-11-22)29-18-25(26-12-7-17-34-26)30-13-15-32-16-14-30;/h1-12,17,19-20,25H,13-16,18H2,(H,29,31);1H/b23-19-,24-20-;. The minimum Gasteiger partial charge on any atom is -0.379 e. The fraction of sp³-hybridized carbons (Fsp3) is 0.231. The Bertz CT molecular complexity index is 1090. The molecule has 0 spiro atoms. The van der Waals surface area contributed by atoms with Crippen LogP contribution in [0.2, 0.25) is 0 Å². The van der Waals surface area contributed by atoms with E-state index in [1.807, 2.05) is 66.7 Å². The van der Waals surface area contributed by atoms with Crippen molar-refractivity contribution < 1.29 is 9.30 Å². The predicted octanol–water partition coefficient (Wildman–Crippen LogP) is 7.89. The average Bonchev–Trinajstić information content (AvgIpc) is 3.40. The molecule has 1 aromatic heterocycles. The highest BCUT2D eigenvalue weighted by Crippen LogP contribution is 2.50. The molecular formula is C26H28Cl3N2O2PS. The van der Waals surface area contributed by atoms with Crippen molar-refractivity contribution in [3.63, 3.8) is 0 Å². The summed E-state index contributed by atoms with van der Waals surface area (Å²) in [5.74, 6) is 3.22. The van der Waals surface area contributed by atoms with Gasteiger partial charge in [0, 0.05) is 36.1 Å². The fourth-order valence-corrected chi connectivity index (χ4v) is 7.49. The Morgan fingerprint density at radius 1 is 0.943 bits per heavy atom. The summed E-state index contributed by atoms with van der Waals surface area (Å²) in [6.45, 7) is 3.53. The number of hydrogen-bond acceptors (Lipinski definition) is 4. The van der Waals surface area contributed by atoms with Crippen molar-refractivity contribution in [2.24, 2.45) is 0 Å². The molecule has 3 aromatic rings. The molecule has 1 N–H and O–H groups in total. The lowest BCUT2D eigenvalue weighted by atomic mass is 10.2. The van der Waals surface area contributed by atoms with Crippen LogP contribution in [0, 0.1) is 0 Å². The van der Waals surface area contributed by atoms with Crippen LogP contribution in [0.4, 0.5) is 0 Å². The van der Waals surface area contributed by atoms with Gasteiger partial charge >= 0.3 is 0 Å². The predicted molar refractivity (Wildman–Crippen MR) is 153 cm³/mol. The fourth-order valence-electron chi connectivity index (χ4n) is 3.82. The smallest absolute Gasteiger partial charge is 0.193 e. The Hall–Kier alpha value is -1.40. The second kappa shape index (κ2) is 13.8. The van der Waals surface area contributed by atoms with Gasteiger partial charge in [-0.3, -0.25) is 14.6 Å². The summed E-state index contributed by atoms with van der Waals surface area (Å²) in [6, 6.07) is 23.3. The van der Waals surface area contributed by atoms with Crippen LogP contribution < -0.4 is 5.09 Å². The van der Waals surface area contributed by atoms with Gasteiger partial charge in [-0.05, 0) is 22.6 Å². The molecule has 1 aliphatic rings. The van der Waals surface area contributed by atoms with Crippen LogP contribution >= 0.6 is 54.2 Å². The molecule has 0 aliphatic carbocycles. The third-order valence-electron chi connectivity index (χ3n) is 5.60. The Labute approximate surface area is 227 Å². The molecule has 1 fully saturated rings. The lowest BCUT2D eigenvalue weighted by Crippen LogP contribution is -2.42. The minimum atomic E-state index is -3.26. The maximum absolute atomic E-state index is 14.3. The number of benzene rings is 2. The van der Waals surface area contributed by atoms with E-state index >= 15 is 0 Å². The topological polar surface area (TPSA) is 41.6 Å². The van der Waals surface area contributed by atoms with E-state index in [4.69, 9.17) is 27.9 Å². The number of thiophene rings is 1. The number of rotatable bonds is 9. The van der Waals surface area contributed by atoms with Gasteiger partial charge in [0.05, 0.1) is 29.3 Å². The molecule has 9 heteroatoms. The van der Waals surface area contributed by atoms with Crippen molar-refractivity contribution in [2.75, 3.05) is 32.8 Å². The molecule has 186 valence electrons. The molecule has 1 atom stereocenters. The van der Waals surface area contributed by atoms with Gasteiger partial charge < -0.3 is 4.74 Å². The van der Waals surface area contributed by atoms with Crippen molar-refractivity contribution in [1.29, 1.82) is 0 Å². The first kappa shape index (κ1) is 28.2. The van der Waals surface area contributed by atoms with Crippen LogP contribution in [0.5, 0.6) is 0 Å². The molecular weight excluding hydrogens is 542 g/mol.